The molecule has 10 nitrogen and oxygen atoms in total. The Kier molecular flexibility index (Phi) is 5.25. The van der Waals surface area contributed by atoms with Crippen LogP contribution >= 0.6 is 0 Å². The van der Waals surface area contributed by atoms with E-state index in [2.05, 4.69) is 31.0 Å². The highest BCUT2D eigenvalue weighted by atomic mass is 32.2. The minimum atomic E-state index is -3.72. The van der Waals surface area contributed by atoms with Gasteiger partial charge in [0.1, 0.15) is 5.82 Å². The van der Waals surface area contributed by atoms with Gasteiger partial charge in [-0.1, -0.05) is 5.92 Å². The Morgan fingerprint density at radius 3 is 2.68 bits per heavy atom. The number of terminal acetylenes is 1. The van der Waals surface area contributed by atoms with Gasteiger partial charge in [0, 0.05) is 17.3 Å². The van der Waals surface area contributed by atoms with E-state index in [-0.39, 0.29) is 34.9 Å². The van der Waals surface area contributed by atoms with Gasteiger partial charge in [0.2, 0.25) is 10.0 Å². The molecule has 3 N–H and O–H groups in total. The number of rotatable bonds is 6. The van der Waals surface area contributed by atoms with Crippen LogP contribution in [0.4, 0.5) is 0 Å². The highest BCUT2D eigenvalue weighted by Crippen LogP contribution is 2.10. The Morgan fingerprint density at radius 2 is 2.00 bits per heavy atom. The lowest BCUT2D eigenvalue weighted by molar-refractivity contribution is 0.0950. The number of H-pyrrole nitrogens is 1. The summed E-state index contributed by atoms with van der Waals surface area (Å²) in [5, 5.41) is 5.39. The zero-order valence-corrected chi connectivity index (χ0v) is 15.6. The van der Waals surface area contributed by atoms with Crippen LogP contribution in [0.5, 0.6) is 0 Å². The fourth-order valence-electron chi connectivity index (χ4n) is 2.39. The first-order valence-corrected chi connectivity index (χ1v) is 9.55. The lowest BCUT2D eigenvalue weighted by Crippen LogP contribution is -2.25. The van der Waals surface area contributed by atoms with Gasteiger partial charge in [-0.3, -0.25) is 14.7 Å². The molecule has 0 unspecified atom stereocenters. The first kappa shape index (κ1) is 19.3. The molecular weight excluding hydrogens is 384 g/mol. The van der Waals surface area contributed by atoms with Crippen molar-refractivity contribution in [2.24, 2.45) is 0 Å². The largest absolute Gasteiger partial charge is 0.345 e. The number of aromatic amines is 1. The minimum Gasteiger partial charge on any atom is -0.345 e. The Bertz CT molecular complexity index is 1240. The van der Waals surface area contributed by atoms with Gasteiger partial charge in [-0.05, 0) is 31.2 Å². The van der Waals surface area contributed by atoms with Crippen molar-refractivity contribution in [3.63, 3.8) is 0 Å². The summed E-state index contributed by atoms with van der Waals surface area (Å²) in [5.41, 5.74) is 0.500. The second-order valence-corrected chi connectivity index (χ2v) is 7.54. The van der Waals surface area contributed by atoms with Crippen LogP contribution in [0.15, 0.2) is 40.0 Å². The van der Waals surface area contributed by atoms with Crippen LogP contribution in [-0.2, 0) is 16.6 Å². The van der Waals surface area contributed by atoms with Gasteiger partial charge in [0.15, 0.2) is 0 Å². The van der Waals surface area contributed by atoms with Crippen LogP contribution in [0, 0.1) is 19.3 Å². The fourth-order valence-corrected chi connectivity index (χ4v) is 3.32. The first-order valence-electron chi connectivity index (χ1n) is 8.07. The molecule has 0 aliphatic carbocycles. The van der Waals surface area contributed by atoms with Crippen molar-refractivity contribution < 1.29 is 13.2 Å². The topological polar surface area (TPSA) is 138 Å². The van der Waals surface area contributed by atoms with Crippen molar-refractivity contribution in [2.45, 2.75) is 18.4 Å². The predicted molar refractivity (Wildman–Crippen MR) is 100.0 cm³/mol. The third kappa shape index (κ3) is 4.08. The van der Waals surface area contributed by atoms with Gasteiger partial charge >= 0.3 is 0 Å². The standard InChI is InChI=1S/C17H16N6O4S/c1-3-8-19-28(26,27)13-6-4-12(5-7-13)16(25)18-10-14-21-17-20-11(2)9-15(24)23(17)22-14/h1,4-7,9,19H,8,10H2,2H3,(H,18,25)(H,20,21,22). The van der Waals surface area contributed by atoms with E-state index in [1.54, 1.807) is 6.92 Å². The predicted octanol–water partition coefficient (Wildman–Crippen LogP) is -0.432. The smallest absolute Gasteiger partial charge is 0.274 e. The number of hydrogen-bond acceptors (Lipinski definition) is 6. The molecule has 0 spiro atoms. The van der Waals surface area contributed by atoms with Crippen LogP contribution < -0.4 is 15.6 Å². The molecule has 0 aliphatic rings. The number of fused-ring (bicyclic) bond motifs is 1. The summed E-state index contributed by atoms with van der Waals surface area (Å²) in [5.74, 6) is 2.31. The Hall–Kier alpha value is -3.49. The fraction of sp³-hybridized carbons (Fsp3) is 0.176. The highest BCUT2D eigenvalue weighted by molar-refractivity contribution is 7.89. The average molecular weight is 400 g/mol. The van der Waals surface area contributed by atoms with E-state index in [1.807, 2.05) is 0 Å². The van der Waals surface area contributed by atoms with Gasteiger partial charge in [-0.15, -0.1) is 6.42 Å². The number of hydrogen-bond donors (Lipinski definition) is 3. The third-order valence-electron chi connectivity index (χ3n) is 3.71. The number of aromatic nitrogens is 4. The number of nitrogens with zero attached hydrogens (tertiary/aromatic N) is 3. The van der Waals surface area contributed by atoms with Crippen LogP contribution in [0.1, 0.15) is 21.9 Å². The van der Waals surface area contributed by atoms with Crippen molar-refractivity contribution >= 4 is 21.7 Å². The number of benzene rings is 1. The summed E-state index contributed by atoms with van der Waals surface area (Å²) in [6, 6.07) is 6.74. The molecule has 28 heavy (non-hydrogen) atoms. The summed E-state index contributed by atoms with van der Waals surface area (Å²) >= 11 is 0. The number of nitrogens with one attached hydrogen (secondary N) is 3. The summed E-state index contributed by atoms with van der Waals surface area (Å²) in [6.45, 7) is 1.59. The van der Waals surface area contributed by atoms with E-state index in [0.717, 1.165) is 0 Å². The van der Waals surface area contributed by atoms with E-state index < -0.39 is 15.9 Å². The Labute approximate surface area is 160 Å². The van der Waals surface area contributed by atoms with E-state index in [4.69, 9.17) is 6.42 Å². The second kappa shape index (κ2) is 7.63. The van der Waals surface area contributed by atoms with Crippen molar-refractivity contribution in [2.75, 3.05) is 6.54 Å². The van der Waals surface area contributed by atoms with Crippen molar-refractivity contribution in [1.82, 2.24) is 29.6 Å². The van der Waals surface area contributed by atoms with Gasteiger partial charge < -0.3 is 5.32 Å². The van der Waals surface area contributed by atoms with Crippen molar-refractivity contribution in [3.8, 4) is 12.3 Å². The molecule has 0 aliphatic heterocycles. The molecular formula is C17H16N6O4S. The Morgan fingerprint density at radius 1 is 1.29 bits per heavy atom. The molecule has 11 heteroatoms. The monoisotopic (exact) mass is 400 g/mol. The molecule has 0 saturated carbocycles. The van der Waals surface area contributed by atoms with Gasteiger partial charge in [-0.2, -0.15) is 14.2 Å². The molecule has 0 fully saturated rings. The molecule has 144 valence electrons. The number of sulfonamides is 1. The van der Waals surface area contributed by atoms with Gasteiger partial charge in [0.25, 0.3) is 17.2 Å². The van der Waals surface area contributed by atoms with E-state index >= 15 is 0 Å². The molecule has 0 saturated heterocycles. The first-order chi connectivity index (χ1) is 13.3. The molecule has 2 aromatic heterocycles. The summed E-state index contributed by atoms with van der Waals surface area (Å²) in [7, 11) is -3.72. The summed E-state index contributed by atoms with van der Waals surface area (Å²) in [4.78, 5) is 32.4. The number of carbonyl (C=O) groups excluding carboxylic acids is 1. The zero-order valence-electron chi connectivity index (χ0n) is 14.8. The van der Waals surface area contributed by atoms with E-state index in [9.17, 15) is 18.0 Å². The zero-order chi connectivity index (χ0) is 20.3. The molecule has 1 amide bonds. The normalized spacial score (nSPS) is 11.3. The average Bonchev–Trinajstić information content (AvgIpc) is 3.08. The maximum Gasteiger partial charge on any atom is 0.274 e. The maximum atomic E-state index is 12.3. The molecule has 0 atom stereocenters. The lowest BCUT2D eigenvalue weighted by Gasteiger charge is -2.06. The number of amides is 1. The van der Waals surface area contributed by atoms with Crippen LogP contribution in [0.25, 0.3) is 5.78 Å². The molecule has 1 aromatic carbocycles. The van der Waals surface area contributed by atoms with Crippen molar-refractivity contribution in [3.05, 3.63) is 57.8 Å². The van der Waals surface area contributed by atoms with E-state index in [0.29, 0.717) is 11.5 Å². The van der Waals surface area contributed by atoms with Crippen molar-refractivity contribution in [1.29, 1.82) is 0 Å². The second-order valence-electron chi connectivity index (χ2n) is 5.78. The van der Waals surface area contributed by atoms with Gasteiger partial charge in [-0.25, -0.2) is 13.4 Å². The summed E-state index contributed by atoms with van der Waals surface area (Å²) < 4.78 is 27.3. The molecule has 0 bridgehead atoms. The van der Waals surface area contributed by atoms with Crippen LogP contribution in [0.2, 0.25) is 0 Å². The molecule has 3 rings (SSSR count). The lowest BCUT2D eigenvalue weighted by atomic mass is 10.2. The quantitative estimate of drug-likeness (QED) is 0.480. The highest BCUT2D eigenvalue weighted by Gasteiger charge is 2.14. The van der Waals surface area contributed by atoms with Crippen LogP contribution in [-0.4, -0.2) is 40.5 Å². The number of aryl methyl sites for hydroxylation is 1. The third-order valence-corrected chi connectivity index (χ3v) is 5.13. The Balaban J connectivity index is 1.69. The summed E-state index contributed by atoms with van der Waals surface area (Å²) in [6.07, 6.45) is 5.04. The van der Waals surface area contributed by atoms with Crippen LogP contribution in [0.3, 0.4) is 0 Å². The van der Waals surface area contributed by atoms with E-state index in [1.165, 1.54) is 34.8 Å². The van der Waals surface area contributed by atoms with Gasteiger partial charge in [0.05, 0.1) is 18.0 Å². The SMILES string of the molecule is C#CCNS(=O)(=O)c1ccc(C(=O)NCc2nc3nc(C)cc(=O)n3[nH]2)cc1. The number of carbonyl (C=O) groups is 1. The maximum absolute atomic E-state index is 12.3. The molecule has 0 radical (unpaired) electrons. The minimum absolute atomic E-state index is 0.00240. The molecule has 3 aromatic rings. The molecule has 2 heterocycles.